The van der Waals surface area contributed by atoms with Crippen LogP contribution in [0, 0.1) is 0 Å². The molecule has 3 rings (SSSR count). The van der Waals surface area contributed by atoms with Gasteiger partial charge in [0.25, 0.3) is 5.56 Å². The molecule has 7 nitrogen and oxygen atoms in total. The Hall–Kier alpha value is -2.22. The molecular weight excluding hydrogens is 384 g/mol. The first-order valence-electron chi connectivity index (χ1n) is 9.32. The zero-order valence-corrected chi connectivity index (χ0v) is 16.3. The monoisotopic (exact) mass is 406 g/mol. The molecule has 1 saturated heterocycles. The van der Waals surface area contributed by atoms with E-state index in [0.29, 0.717) is 23.4 Å². The number of carbonyl (C=O) groups is 1. The lowest BCUT2D eigenvalue weighted by Crippen LogP contribution is -2.34. The van der Waals surface area contributed by atoms with Gasteiger partial charge in [-0.1, -0.05) is 36.7 Å². The predicted octanol–water partition coefficient (Wildman–Crippen LogP) is 1.99. The number of ether oxygens (including phenoxy) is 1. The summed E-state index contributed by atoms with van der Waals surface area (Å²) in [4.78, 5) is 38.3. The van der Waals surface area contributed by atoms with E-state index in [1.165, 1.54) is 10.8 Å². The smallest absolute Gasteiger partial charge is 0.330 e. The molecule has 2 aromatic rings. The highest BCUT2D eigenvalue weighted by Gasteiger charge is 2.35. The molecule has 1 aromatic heterocycles. The van der Waals surface area contributed by atoms with E-state index in [2.05, 4.69) is 4.98 Å². The highest BCUT2D eigenvalue weighted by molar-refractivity contribution is 6.31. The second-order valence-corrected chi connectivity index (χ2v) is 7.36. The minimum absolute atomic E-state index is 0.00169. The number of aliphatic hydroxyl groups is 1. The van der Waals surface area contributed by atoms with Gasteiger partial charge in [-0.2, -0.15) is 0 Å². The summed E-state index contributed by atoms with van der Waals surface area (Å²) in [5, 5.41) is 10.8. The number of nitrogens with one attached hydrogen (secondary N) is 1. The summed E-state index contributed by atoms with van der Waals surface area (Å²) in [6, 6.07) is 7.19. The van der Waals surface area contributed by atoms with Crippen molar-refractivity contribution in [3.05, 3.63) is 67.4 Å². The van der Waals surface area contributed by atoms with E-state index in [4.69, 9.17) is 16.3 Å². The Bertz CT molecular complexity index is 968. The van der Waals surface area contributed by atoms with E-state index in [1.807, 2.05) is 25.1 Å². The average molecular weight is 407 g/mol. The number of hydrogen-bond acceptors (Lipinski definition) is 5. The SMILES string of the molecule is CCc1cn([C@H]2C[C@H](O)[C@@H](CCC(=O)Cc3ccccc3Cl)O2)c(=O)[nH]c1=O. The fourth-order valence-electron chi connectivity index (χ4n) is 3.38. The molecule has 2 N–H and O–H groups in total. The minimum atomic E-state index is -0.790. The van der Waals surface area contributed by atoms with Crippen molar-refractivity contribution >= 4 is 17.4 Å². The molecule has 28 heavy (non-hydrogen) atoms. The number of hydrogen-bond donors (Lipinski definition) is 2. The number of aromatic nitrogens is 2. The van der Waals surface area contributed by atoms with Gasteiger partial charge in [0.2, 0.25) is 0 Å². The molecule has 0 saturated carbocycles. The number of aryl methyl sites for hydroxylation is 1. The number of H-pyrrole nitrogens is 1. The zero-order chi connectivity index (χ0) is 20.3. The van der Waals surface area contributed by atoms with Crippen LogP contribution in [-0.4, -0.2) is 32.6 Å². The number of nitrogens with zero attached hydrogens (tertiary/aromatic N) is 1. The van der Waals surface area contributed by atoms with Crippen molar-refractivity contribution in [3.63, 3.8) is 0 Å². The molecule has 0 radical (unpaired) electrons. The maximum absolute atomic E-state index is 12.3. The molecule has 0 spiro atoms. The van der Waals surface area contributed by atoms with Gasteiger partial charge in [-0.3, -0.25) is 19.1 Å². The lowest BCUT2D eigenvalue weighted by Gasteiger charge is -2.16. The van der Waals surface area contributed by atoms with E-state index in [0.717, 1.165) is 5.56 Å². The molecule has 1 aromatic carbocycles. The second kappa shape index (κ2) is 8.86. The maximum Gasteiger partial charge on any atom is 0.330 e. The molecule has 8 heteroatoms. The van der Waals surface area contributed by atoms with Gasteiger partial charge in [-0.15, -0.1) is 0 Å². The predicted molar refractivity (Wildman–Crippen MR) is 105 cm³/mol. The number of halogens is 1. The van der Waals surface area contributed by atoms with Crippen molar-refractivity contribution in [3.8, 4) is 0 Å². The topological polar surface area (TPSA) is 101 Å². The number of ketones is 1. The molecular formula is C20H23ClN2O5. The summed E-state index contributed by atoms with van der Waals surface area (Å²) in [7, 11) is 0. The van der Waals surface area contributed by atoms with Crippen molar-refractivity contribution in [2.24, 2.45) is 0 Å². The molecule has 2 heterocycles. The van der Waals surface area contributed by atoms with Crippen molar-refractivity contribution in [1.82, 2.24) is 9.55 Å². The molecule has 0 unspecified atom stereocenters. The summed E-state index contributed by atoms with van der Waals surface area (Å²) in [5.74, 6) is 0.00169. The van der Waals surface area contributed by atoms with Gasteiger partial charge in [-0.05, 0) is 24.5 Å². The number of carbonyl (C=O) groups excluding carboxylic acids is 1. The molecule has 0 amide bonds. The third-order valence-corrected chi connectivity index (χ3v) is 5.36. The first-order valence-corrected chi connectivity index (χ1v) is 9.69. The molecule has 150 valence electrons. The third kappa shape index (κ3) is 4.60. The van der Waals surface area contributed by atoms with Crippen LogP contribution in [0.3, 0.4) is 0 Å². The van der Waals surface area contributed by atoms with Gasteiger partial charge < -0.3 is 9.84 Å². The Morgan fingerprint density at radius 1 is 1.32 bits per heavy atom. The molecule has 1 aliphatic rings. The van der Waals surface area contributed by atoms with Crippen molar-refractivity contribution < 1.29 is 14.6 Å². The lowest BCUT2D eigenvalue weighted by atomic mass is 10.0. The lowest BCUT2D eigenvalue weighted by molar-refractivity contribution is -0.119. The highest BCUT2D eigenvalue weighted by Crippen LogP contribution is 2.30. The normalized spacial score (nSPS) is 21.8. The van der Waals surface area contributed by atoms with Gasteiger partial charge in [0.15, 0.2) is 0 Å². The van der Waals surface area contributed by atoms with Crippen LogP contribution in [0.25, 0.3) is 0 Å². The summed E-state index contributed by atoms with van der Waals surface area (Å²) in [6.45, 7) is 1.82. The Morgan fingerprint density at radius 2 is 2.07 bits per heavy atom. The maximum atomic E-state index is 12.3. The molecule has 0 bridgehead atoms. The fraction of sp³-hybridized carbons (Fsp3) is 0.450. The van der Waals surface area contributed by atoms with E-state index in [1.54, 1.807) is 6.07 Å². The average Bonchev–Trinajstić information content (AvgIpc) is 3.02. The van der Waals surface area contributed by atoms with Crippen LogP contribution in [-0.2, 0) is 22.4 Å². The van der Waals surface area contributed by atoms with Gasteiger partial charge >= 0.3 is 5.69 Å². The Kier molecular flexibility index (Phi) is 6.49. The van der Waals surface area contributed by atoms with E-state index < -0.39 is 29.7 Å². The van der Waals surface area contributed by atoms with E-state index in [-0.39, 0.29) is 25.0 Å². The van der Waals surface area contributed by atoms with Crippen LogP contribution in [0.2, 0.25) is 5.02 Å². The zero-order valence-electron chi connectivity index (χ0n) is 15.6. The summed E-state index contributed by atoms with van der Waals surface area (Å²) < 4.78 is 7.12. The van der Waals surface area contributed by atoms with Gasteiger partial charge in [-0.25, -0.2) is 4.79 Å². The quantitative estimate of drug-likeness (QED) is 0.732. The van der Waals surface area contributed by atoms with Crippen LogP contribution in [0.1, 0.15) is 43.5 Å². The largest absolute Gasteiger partial charge is 0.390 e. The van der Waals surface area contributed by atoms with Crippen LogP contribution in [0.4, 0.5) is 0 Å². The van der Waals surface area contributed by atoms with Crippen LogP contribution < -0.4 is 11.2 Å². The number of aliphatic hydroxyl groups excluding tert-OH is 1. The molecule has 3 atom stereocenters. The van der Waals surface area contributed by atoms with Crippen molar-refractivity contribution in [2.75, 3.05) is 0 Å². The van der Waals surface area contributed by atoms with Crippen LogP contribution in [0.5, 0.6) is 0 Å². The molecule has 1 aliphatic heterocycles. The fourth-order valence-corrected chi connectivity index (χ4v) is 3.59. The van der Waals surface area contributed by atoms with Gasteiger partial charge in [0, 0.05) is 36.0 Å². The van der Waals surface area contributed by atoms with Gasteiger partial charge in [0.1, 0.15) is 12.0 Å². The first kappa shape index (κ1) is 20.5. The van der Waals surface area contributed by atoms with Crippen molar-refractivity contribution in [2.45, 2.75) is 57.5 Å². The van der Waals surface area contributed by atoms with Crippen LogP contribution >= 0.6 is 11.6 Å². The summed E-state index contributed by atoms with van der Waals surface area (Å²) in [6.07, 6.45) is 0.970. The van der Waals surface area contributed by atoms with Crippen LogP contribution in [0.15, 0.2) is 40.1 Å². The van der Waals surface area contributed by atoms with Crippen molar-refractivity contribution in [1.29, 1.82) is 0 Å². The highest BCUT2D eigenvalue weighted by atomic mass is 35.5. The van der Waals surface area contributed by atoms with E-state index in [9.17, 15) is 19.5 Å². The Balaban J connectivity index is 1.61. The number of benzene rings is 1. The first-order chi connectivity index (χ1) is 13.4. The summed E-state index contributed by atoms with van der Waals surface area (Å²) >= 11 is 6.08. The standard InChI is InChI=1S/C20H23ClN2O5/c1-2-12-11-23(20(27)22-19(12)26)18-10-16(25)17(28-18)8-7-14(24)9-13-5-3-4-6-15(13)21/h3-6,11,16-18,25H,2,7-10H2,1H3,(H,22,26,27)/t16-,17+,18+/m0/s1. The summed E-state index contributed by atoms with van der Waals surface area (Å²) in [5.41, 5.74) is 0.252. The minimum Gasteiger partial charge on any atom is -0.390 e. The third-order valence-electron chi connectivity index (χ3n) is 4.99. The second-order valence-electron chi connectivity index (χ2n) is 6.95. The number of Topliss-reactive ketones (excluding diaryl/α,β-unsaturated/α-hetero) is 1. The Labute approximate surface area is 166 Å². The Morgan fingerprint density at radius 3 is 2.79 bits per heavy atom. The number of aromatic amines is 1. The molecule has 1 fully saturated rings. The molecule has 0 aliphatic carbocycles. The number of rotatable bonds is 7. The van der Waals surface area contributed by atoms with Gasteiger partial charge in [0.05, 0.1) is 12.2 Å². The van der Waals surface area contributed by atoms with E-state index >= 15 is 0 Å².